The number of hydrogen-bond donors (Lipinski definition) is 1. The summed E-state index contributed by atoms with van der Waals surface area (Å²) in [5, 5.41) is 4.62. The topological polar surface area (TPSA) is 21.3 Å². The van der Waals surface area contributed by atoms with E-state index in [1.165, 1.54) is 0 Å². The molecule has 0 spiro atoms. The molecule has 0 aliphatic rings. The third kappa shape index (κ3) is 4.37. The zero-order chi connectivity index (χ0) is 15.2. The van der Waals surface area contributed by atoms with Gasteiger partial charge < -0.3 is 10.1 Å². The van der Waals surface area contributed by atoms with Crippen molar-refractivity contribution in [3.63, 3.8) is 0 Å². The number of benzene rings is 2. The van der Waals surface area contributed by atoms with Gasteiger partial charge in [-0.2, -0.15) is 0 Å². The first-order valence-corrected chi connectivity index (χ1v) is 7.73. The number of aryl methyl sites for hydroxylation is 1. The van der Waals surface area contributed by atoms with Crippen LogP contribution < -0.4 is 10.1 Å². The second-order valence-corrected chi connectivity index (χ2v) is 5.71. The summed E-state index contributed by atoms with van der Waals surface area (Å²) in [6, 6.07) is 11.7. The predicted molar refractivity (Wildman–Crippen MR) is 89.4 cm³/mol. The Balaban J connectivity index is 2.15. The lowest BCUT2D eigenvalue weighted by Crippen LogP contribution is -2.13. The molecule has 0 unspecified atom stereocenters. The van der Waals surface area contributed by atoms with E-state index in [9.17, 15) is 0 Å². The zero-order valence-electron chi connectivity index (χ0n) is 12.2. The lowest BCUT2D eigenvalue weighted by molar-refractivity contribution is 0.302. The Labute approximate surface area is 136 Å². The summed E-state index contributed by atoms with van der Waals surface area (Å²) < 4.78 is 5.92. The van der Waals surface area contributed by atoms with Gasteiger partial charge in [-0.25, -0.2) is 0 Å². The van der Waals surface area contributed by atoms with Crippen LogP contribution in [0.25, 0.3) is 0 Å². The van der Waals surface area contributed by atoms with Crippen molar-refractivity contribution in [2.75, 3.05) is 6.54 Å². The molecule has 2 aromatic rings. The first kappa shape index (κ1) is 16.2. The van der Waals surface area contributed by atoms with Gasteiger partial charge in [-0.15, -0.1) is 0 Å². The Morgan fingerprint density at radius 3 is 2.57 bits per heavy atom. The van der Waals surface area contributed by atoms with Crippen LogP contribution in [0.1, 0.15) is 23.6 Å². The summed E-state index contributed by atoms with van der Waals surface area (Å²) in [6.45, 7) is 6.11. The molecule has 0 fully saturated rings. The minimum absolute atomic E-state index is 0.405. The van der Waals surface area contributed by atoms with Crippen LogP contribution >= 0.6 is 23.2 Å². The van der Waals surface area contributed by atoms with Gasteiger partial charge in [0.05, 0.1) is 5.02 Å². The van der Waals surface area contributed by atoms with Crippen LogP contribution in [0.2, 0.25) is 10.0 Å². The van der Waals surface area contributed by atoms with Crippen LogP contribution in [0, 0.1) is 6.92 Å². The van der Waals surface area contributed by atoms with Crippen LogP contribution in [0.4, 0.5) is 0 Å². The minimum atomic E-state index is 0.405. The Morgan fingerprint density at radius 2 is 1.86 bits per heavy atom. The number of ether oxygens (including phenoxy) is 1. The monoisotopic (exact) mass is 323 g/mol. The summed E-state index contributed by atoms with van der Waals surface area (Å²) in [4.78, 5) is 0. The molecule has 0 aromatic heterocycles. The first-order chi connectivity index (χ1) is 10.1. The fourth-order valence-corrected chi connectivity index (χ4v) is 2.57. The van der Waals surface area contributed by atoms with Gasteiger partial charge >= 0.3 is 0 Å². The molecule has 0 aliphatic heterocycles. The van der Waals surface area contributed by atoms with Gasteiger partial charge in [-0.3, -0.25) is 0 Å². The smallest absolute Gasteiger partial charge is 0.142 e. The quantitative estimate of drug-likeness (QED) is 0.808. The molecule has 0 saturated carbocycles. The normalized spacial score (nSPS) is 10.7. The number of rotatable bonds is 6. The van der Waals surface area contributed by atoms with Crippen molar-refractivity contribution in [3.05, 3.63) is 63.1 Å². The molecule has 2 nitrogen and oxygen atoms in total. The molecule has 0 saturated heterocycles. The van der Waals surface area contributed by atoms with Crippen molar-refractivity contribution in [2.45, 2.75) is 27.0 Å². The Bertz CT molecular complexity index is 614. The molecule has 0 radical (unpaired) electrons. The lowest BCUT2D eigenvalue weighted by atomic mass is 10.1. The predicted octanol–water partition coefficient (Wildman–Crippen LogP) is 4.99. The second-order valence-electron chi connectivity index (χ2n) is 4.89. The molecular formula is C17H19Cl2NO. The highest BCUT2D eigenvalue weighted by molar-refractivity contribution is 6.32. The van der Waals surface area contributed by atoms with Crippen LogP contribution in [0.15, 0.2) is 36.4 Å². The summed E-state index contributed by atoms with van der Waals surface area (Å²) in [5.74, 6) is 0.719. The lowest BCUT2D eigenvalue weighted by Gasteiger charge is -2.14. The number of para-hydroxylation sites is 1. The Morgan fingerprint density at radius 1 is 1.05 bits per heavy atom. The summed E-state index contributed by atoms with van der Waals surface area (Å²) >= 11 is 12.5. The maximum atomic E-state index is 6.25. The van der Waals surface area contributed by atoms with Gasteiger partial charge in [0.25, 0.3) is 0 Å². The highest BCUT2D eigenvalue weighted by Gasteiger charge is 2.09. The van der Waals surface area contributed by atoms with E-state index >= 15 is 0 Å². The standard InChI is InChI=1S/C17H19Cl2NO/c1-3-20-10-13-5-4-6-15(18)17(13)21-11-14-8-7-12(2)9-16(14)19/h4-9,20H,3,10-11H2,1-2H3. The van der Waals surface area contributed by atoms with Crippen LogP contribution in [0.5, 0.6) is 5.75 Å². The average molecular weight is 324 g/mol. The SMILES string of the molecule is CCNCc1cccc(Cl)c1OCc1ccc(C)cc1Cl. The molecule has 1 N–H and O–H groups in total. The third-order valence-corrected chi connectivity index (χ3v) is 3.84. The molecular weight excluding hydrogens is 305 g/mol. The van der Waals surface area contributed by atoms with E-state index < -0.39 is 0 Å². The van der Waals surface area contributed by atoms with E-state index in [1.54, 1.807) is 0 Å². The molecule has 4 heteroatoms. The van der Waals surface area contributed by atoms with Crippen LogP contribution in [-0.2, 0) is 13.2 Å². The van der Waals surface area contributed by atoms with Gasteiger partial charge in [-0.1, -0.05) is 54.4 Å². The Hall–Kier alpha value is -1.22. The van der Waals surface area contributed by atoms with Crippen LogP contribution in [0.3, 0.4) is 0 Å². The molecule has 21 heavy (non-hydrogen) atoms. The van der Waals surface area contributed by atoms with E-state index in [4.69, 9.17) is 27.9 Å². The van der Waals surface area contributed by atoms with E-state index in [0.717, 1.165) is 40.6 Å². The van der Waals surface area contributed by atoms with Gasteiger partial charge in [0.2, 0.25) is 0 Å². The highest BCUT2D eigenvalue weighted by Crippen LogP contribution is 2.30. The van der Waals surface area contributed by atoms with Crippen molar-refractivity contribution >= 4 is 23.2 Å². The number of halogens is 2. The second kappa shape index (κ2) is 7.69. The maximum Gasteiger partial charge on any atom is 0.142 e. The minimum Gasteiger partial charge on any atom is -0.487 e. The van der Waals surface area contributed by atoms with Gasteiger partial charge in [0.1, 0.15) is 12.4 Å². The molecule has 0 heterocycles. The number of hydrogen-bond acceptors (Lipinski definition) is 2. The van der Waals surface area contributed by atoms with Gasteiger partial charge in [0, 0.05) is 22.7 Å². The van der Waals surface area contributed by atoms with Crippen molar-refractivity contribution in [2.24, 2.45) is 0 Å². The van der Waals surface area contributed by atoms with Crippen molar-refractivity contribution < 1.29 is 4.74 Å². The van der Waals surface area contributed by atoms with E-state index in [2.05, 4.69) is 12.2 Å². The van der Waals surface area contributed by atoms with E-state index in [1.807, 2.05) is 43.3 Å². The molecule has 0 atom stereocenters. The van der Waals surface area contributed by atoms with Crippen molar-refractivity contribution in [1.29, 1.82) is 0 Å². The molecule has 0 bridgehead atoms. The fourth-order valence-electron chi connectivity index (χ4n) is 2.03. The van der Waals surface area contributed by atoms with Gasteiger partial charge in [0.15, 0.2) is 0 Å². The molecule has 0 amide bonds. The fraction of sp³-hybridized carbons (Fsp3) is 0.294. The molecule has 2 aromatic carbocycles. The molecule has 2 rings (SSSR count). The third-order valence-electron chi connectivity index (χ3n) is 3.19. The molecule has 112 valence electrons. The first-order valence-electron chi connectivity index (χ1n) is 6.97. The van der Waals surface area contributed by atoms with Crippen molar-refractivity contribution in [1.82, 2.24) is 5.32 Å². The van der Waals surface area contributed by atoms with Crippen LogP contribution in [-0.4, -0.2) is 6.54 Å². The average Bonchev–Trinajstić information content (AvgIpc) is 2.45. The van der Waals surface area contributed by atoms with Crippen molar-refractivity contribution in [3.8, 4) is 5.75 Å². The van der Waals surface area contributed by atoms with E-state index in [-0.39, 0.29) is 0 Å². The highest BCUT2D eigenvalue weighted by atomic mass is 35.5. The van der Waals surface area contributed by atoms with E-state index in [0.29, 0.717) is 11.6 Å². The zero-order valence-corrected chi connectivity index (χ0v) is 13.8. The Kier molecular flexibility index (Phi) is 5.92. The molecule has 0 aliphatic carbocycles. The largest absolute Gasteiger partial charge is 0.487 e. The summed E-state index contributed by atoms with van der Waals surface area (Å²) in [7, 11) is 0. The number of nitrogens with one attached hydrogen (secondary N) is 1. The van der Waals surface area contributed by atoms with Gasteiger partial charge in [-0.05, 0) is 31.2 Å². The summed E-state index contributed by atoms with van der Waals surface area (Å²) in [5.41, 5.74) is 3.14. The summed E-state index contributed by atoms with van der Waals surface area (Å²) in [6.07, 6.45) is 0. The maximum absolute atomic E-state index is 6.25.